The molecule has 62 heavy (non-hydrogen) atoms. The molecule has 2 nitrogen and oxygen atoms in total. The first-order valence-corrected chi connectivity index (χ1v) is 21.8. The molecule has 2 heteroatoms. The molecule has 0 saturated heterocycles. The van der Waals surface area contributed by atoms with E-state index in [-0.39, 0.29) is 10.8 Å². The number of para-hydroxylation sites is 1. The van der Waals surface area contributed by atoms with Crippen molar-refractivity contribution in [1.29, 1.82) is 0 Å². The van der Waals surface area contributed by atoms with E-state index in [0.29, 0.717) is 0 Å². The van der Waals surface area contributed by atoms with Gasteiger partial charge in [0, 0.05) is 38.7 Å². The third-order valence-corrected chi connectivity index (χ3v) is 13.9. The molecule has 0 unspecified atom stereocenters. The number of fused-ring (bicyclic) bond motifs is 9. The Morgan fingerprint density at radius 2 is 0.871 bits per heavy atom. The predicted molar refractivity (Wildman–Crippen MR) is 260 cm³/mol. The summed E-state index contributed by atoms with van der Waals surface area (Å²) in [6, 6.07) is 73.5. The van der Waals surface area contributed by atoms with Crippen molar-refractivity contribution in [2.24, 2.45) is 0 Å². The van der Waals surface area contributed by atoms with E-state index >= 15 is 0 Å². The molecule has 2 aliphatic carbocycles. The highest BCUT2D eigenvalue weighted by molar-refractivity contribution is 6.12. The summed E-state index contributed by atoms with van der Waals surface area (Å²) < 4.78 is 6.34. The van der Waals surface area contributed by atoms with Gasteiger partial charge in [-0.05, 0) is 132 Å². The minimum atomic E-state index is -0.129. The zero-order valence-electron chi connectivity index (χ0n) is 35.4. The minimum Gasteiger partial charge on any atom is -0.456 e. The van der Waals surface area contributed by atoms with Crippen molar-refractivity contribution < 1.29 is 4.42 Å². The van der Waals surface area contributed by atoms with Crippen molar-refractivity contribution >= 4 is 39.0 Å². The average molecular weight is 796 g/mol. The topological polar surface area (TPSA) is 16.4 Å². The van der Waals surface area contributed by atoms with Crippen LogP contribution in [0.2, 0.25) is 0 Å². The Morgan fingerprint density at radius 1 is 0.339 bits per heavy atom. The normalized spacial score (nSPS) is 14.1. The molecular formula is C60H45NO. The Balaban J connectivity index is 0.996. The molecule has 12 rings (SSSR count). The minimum absolute atomic E-state index is 0.0569. The lowest BCUT2D eigenvalue weighted by atomic mass is 9.79. The summed E-state index contributed by atoms with van der Waals surface area (Å²) in [4.78, 5) is 2.41. The molecule has 0 amide bonds. The maximum Gasteiger partial charge on any atom is 0.136 e. The molecule has 2 aliphatic rings. The van der Waals surface area contributed by atoms with Gasteiger partial charge in [-0.2, -0.15) is 0 Å². The fraction of sp³-hybridized carbons (Fsp3) is 0.100. The van der Waals surface area contributed by atoms with Crippen molar-refractivity contribution in [3.8, 4) is 55.6 Å². The van der Waals surface area contributed by atoms with Crippen molar-refractivity contribution in [1.82, 2.24) is 0 Å². The summed E-state index contributed by atoms with van der Waals surface area (Å²) in [5.74, 6) is 0. The Hall–Kier alpha value is -7.42. The van der Waals surface area contributed by atoms with Gasteiger partial charge in [0.05, 0.1) is 0 Å². The van der Waals surface area contributed by atoms with Crippen molar-refractivity contribution in [3.63, 3.8) is 0 Å². The van der Waals surface area contributed by atoms with E-state index in [9.17, 15) is 0 Å². The smallest absolute Gasteiger partial charge is 0.136 e. The van der Waals surface area contributed by atoms with Crippen LogP contribution in [0.1, 0.15) is 49.9 Å². The van der Waals surface area contributed by atoms with Crippen LogP contribution in [0.5, 0.6) is 0 Å². The van der Waals surface area contributed by atoms with Gasteiger partial charge in [0.25, 0.3) is 0 Å². The van der Waals surface area contributed by atoms with Gasteiger partial charge in [-0.3, -0.25) is 0 Å². The van der Waals surface area contributed by atoms with Gasteiger partial charge >= 0.3 is 0 Å². The van der Waals surface area contributed by atoms with Crippen LogP contribution in [0.3, 0.4) is 0 Å². The van der Waals surface area contributed by atoms with Crippen molar-refractivity contribution in [2.75, 3.05) is 4.90 Å². The van der Waals surface area contributed by atoms with Gasteiger partial charge in [-0.1, -0.05) is 173 Å². The van der Waals surface area contributed by atoms with Gasteiger partial charge in [-0.15, -0.1) is 0 Å². The molecule has 1 heterocycles. The van der Waals surface area contributed by atoms with Crippen LogP contribution >= 0.6 is 0 Å². The van der Waals surface area contributed by atoms with E-state index in [4.69, 9.17) is 4.42 Å². The van der Waals surface area contributed by atoms with Gasteiger partial charge < -0.3 is 9.32 Å². The molecule has 10 aromatic rings. The second-order valence-corrected chi connectivity index (χ2v) is 18.1. The first kappa shape index (κ1) is 36.4. The quantitative estimate of drug-likeness (QED) is 0.167. The van der Waals surface area contributed by atoms with Gasteiger partial charge in [0.2, 0.25) is 0 Å². The number of nitrogens with zero attached hydrogens (tertiary/aromatic N) is 1. The first-order valence-electron chi connectivity index (χ1n) is 21.8. The van der Waals surface area contributed by atoms with Crippen LogP contribution in [0, 0.1) is 0 Å². The third kappa shape index (κ3) is 5.43. The van der Waals surface area contributed by atoms with E-state index in [1.54, 1.807) is 0 Å². The molecule has 0 spiro atoms. The van der Waals surface area contributed by atoms with Crippen LogP contribution in [-0.2, 0) is 10.8 Å². The lowest BCUT2D eigenvalue weighted by Gasteiger charge is -2.28. The number of rotatable bonds is 6. The Labute approximate surface area is 363 Å². The maximum atomic E-state index is 6.34. The Bertz CT molecular complexity index is 3420. The lowest BCUT2D eigenvalue weighted by molar-refractivity contribution is 0.660. The predicted octanol–water partition coefficient (Wildman–Crippen LogP) is 16.7. The highest BCUT2D eigenvalue weighted by atomic mass is 16.3. The molecule has 0 saturated carbocycles. The summed E-state index contributed by atoms with van der Waals surface area (Å²) in [5, 5.41) is 2.27. The van der Waals surface area contributed by atoms with Crippen LogP contribution < -0.4 is 4.90 Å². The standard InChI is InChI=1S/C60H45NO/c1-59(2)52-25-8-5-19-47(52)49-34-31-39(37-54(49)59)38-29-32-42(33-30-38)61(43-17-11-15-40(35-43)45-22-14-28-56-57(45)51-21-7-10-27-55(51)62-56)44-18-12-16-41(36-44)46-23-13-24-50-48-20-6-9-26-53(48)60(3,4)58(46)50/h5-37H,1-4H3. The summed E-state index contributed by atoms with van der Waals surface area (Å²) in [7, 11) is 0. The SMILES string of the molecule is CC1(C)c2ccccc2-c2ccc(-c3ccc(N(c4cccc(-c5cccc6c5C(C)(C)c5ccccc5-6)c4)c4cccc(-c5cccc6oc7ccccc7c56)c4)cc3)cc21. The molecule has 0 fully saturated rings. The summed E-state index contributed by atoms with van der Waals surface area (Å²) in [5.41, 5.74) is 23.0. The summed E-state index contributed by atoms with van der Waals surface area (Å²) >= 11 is 0. The lowest BCUT2D eigenvalue weighted by Crippen LogP contribution is -2.16. The Kier molecular flexibility index (Phi) is 7.96. The second kappa shape index (κ2) is 13.5. The zero-order valence-corrected chi connectivity index (χ0v) is 35.4. The largest absolute Gasteiger partial charge is 0.456 e. The van der Waals surface area contributed by atoms with E-state index in [0.717, 1.165) is 50.1 Å². The van der Waals surface area contributed by atoms with Crippen LogP contribution in [0.15, 0.2) is 205 Å². The number of furan rings is 1. The molecule has 0 bridgehead atoms. The van der Waals surface area contributed by atoms with Crippen LogP contribution in [0.25, 0.3) is 77.6 Å². The fourth-order valence-electron chi connectivity index (χ4n) is 10.9. The van der Waals surface area contributed by atoms with Crippen LogP contribution in [-0.4, -0.2) is 0 Å². The molecule has 9 aromatic carbocycles. The number of benzene rings is 9. The highest BCUT2D eigenvalue weighted by Gasteiger charge is 2.38. The van der Waals surface area contributed by atoms with E-state index in [1.807, 2.05) is 6.07 Å². The molecule has 1 aromatic heterocycles. The molecule has 0 N–H and O–H groups in total. The third-order valence-electron chi connectivity index (χ3n) is 13.9. The zero-order chi connectivity index (χ0) is 41.7. The maximum absolute atomic E-state index is 6.34. The van der Waals surface area contributed by atoms with E-state index < -0.39 is 0 Å². The summed E-state index contributed by atoms with van der Waals surface area (Å²) in [6.45, 7) is 9.44. The summed E-state index contributed by atoms with van der Waals surface area (Å²) in [6.07, 6.45) is 0. The number of hydrogen-bond acceptors (Lipinski definition) is 2. The van der Waals surface area contributed by atoms with Crippen molar-refractivity contribution in [3.05, 3.63) is 222 Å². The molecule has 0 aliphatic heterocycles. The van der Waals surface area contributed by atoms with Crippen molar-refractivity contribution in [2.45, 2.75) is 38.5 Å². The fourth-order valence-corrected chi connectivity index (χ4v) is 10.9. The number of anilines is 3. The van der Waals surface area contributed by atoms with Gasteiger partial charge in [-0.25, -0.2) is 0 Å². The molecular weight excluding hydrogens is 751 g/mol. The van der Waals surface area contributed by atoms with Gasteiger partial charge in [0.1, 0.15) is 11.2 Å². The molecule has 0 radical (unpaired) electrons. The number of hydrogen-bond donors (Lipinski definition) is 0. The molecule has 296 valence electrons. The van der Waals surface area contributed by atoms with E-state index in [2.05, 4.69) is 227 Å². The highest BCUT2D eigenvalue weighted by Crippen LogP contribution is 2.53. The average Bonchev–Trinajstić information content (AvgIpc) is 3.89. The van der Waals surface area contributed by atoms with Crippen LogP contribution in [0.4, 0.5) is 17.1 Å². The molecule has 0 atom stereocenters. The first-order chi connectivity index (χ1) is 30.3. The van der Waals surface area contributed by atoms with E-state index in [1.165, 1.54) is 66.8 Å². The van der Waals surface area contributed by atoms with Gasteiger partial charge in [0.15, 0.2) is 0 Å². The Morgan fingerprint density at radius 3 is 1.63 bits per heavy atom. The second-order valence-electron chi connectivity index (χ2n) is 18.1. The monoisotopic (exact) mass is 795 g/mol.